The number of morpholine rings is 1. The van der Waals surface area contributed by atoms with Gasteiger partial charge in [-0.05, 0) is 41.9 Å². The third kappa shape index (κ3) is 2.67. The zero-order valence-electron chi connectivity index (χ0n) is 10.4. The van der Waals surface area contributed by atoms with Gasteiger partial charge in [0.1, 0.15) is 0 Å². The number of benzene rings is 1. The molecular formula is C13H16BrNO3. The Morgan fingerprint density at radius 1 is 1.39 bits per heavy atom. The van der Waals surface area contributed by atoms with E-state index >= 15 is 0 Å². The summed E-state index contributed by atoms with van der Waals surface area (Å²) in [5.74, 6) is -0.913. The summed E-state index contributed by atoms with van der Waals surface area (Å²) in [4.78, 5) is 13.4. The molecule has 1 aliphatic heterocycles. The van der Waals surface area contributed by atoms with E-state index in [2.05, 4.69) is 20.8 Å². The van der Waals surface area contributed by atoms with Crippen LogP contribution in [0, 0.1) is 0 Å². The Hall–Kier alpha value is -1.07. The third-order valence-corrected chi connectivity index (χ3v) is 3.63. The second-order valence-electron chi connectivity index (χ2n) is 4.60. The molecule has 18 heavy (non-hydrogen) atoms. The SMILES string of the molecule is C[C@@H]1CN(c2cccc(Br)c2C(=O)O)C[C@H](C)O1. The Balaban J connectivity index is 2.38. The van der Waals surface area contributed by atoms with Crippen molar-refractivity contribution in [2.45, 2.75) is 26.1 Å². The monoisotopic (exact) mass is 313 g/mol. The molecule has 0 aliphatic carbocycles. The molecule has 2 rings (SSSR count). The molecule has 1 aliphatic rings. The van der Waals surface area contributed by atoms with Gasteiger partial charge in [-0.25, -0.2) is 4.79 Å². The molecule has 1 aromatic carbocycles. The van der Waals surface area contributed by atoms with Crippen molar-refractivity contribution in [1.82, 2.24) is 0 Å². The second-order valence-corrected chi connectivity index (χ2v) is 5.46. The molecule has 2 atom stereocenters. The summed E-state index contributed by atoms with van der Waals surface area (Å²) in [6.45, 7) is 5.42. The summed E-state index contributed by atoms with van der Waals surface area (Å²) in [6.07, 6.45) is 0.212. The number of rotatable bonds is 2. The molecule has 0 bridgehead atoms. The fraction of sp³-hybridized carbons (Fsp3) is 0.462. The average molecular weight is 314 g/mol. The topological polar surface area (TPSA) is 49.8 Å². The normalized spacial score (nSPS) is 24.1. The first-order valence-electron chi connectivity index (χ1n) is 5.91. The van der Waals surface area contributed by atoms with Gasteiger partial charge in [0.25, 0.3) is 0 Å². The molecule has 0 aromatic heterocycles. The fourth-order valence-corrected chi connectivity index (χ4v) is 2.89. The maximum Gasteiger partial charge on any atom is 0.338 e. The number of carbonyl (C=O) groups is 1. The molecule has 1 fully saturated rings. The van der Waals surface area contributed by atoms with E-state index in [1.807, 2.05) is 26.0 Å². The van der Waals surface area contributed by atoms with Crippen LogP contribution in [0.2, 0.25) is 0 Å². The lowest BCUT2D eigenvalue weighted by Crippen LogP contribution is -2.46. The van der Waals surface area contributed by atoms with Gasteiger partial charge in [0.15, 0.2) is 0 Å². The molecular weight excluding hydrogens is 298 g/mol. The largest absolute Gasteiger partial charge is 0.478 e. The zero-order chi connectivity index (χ0) is 13.3. The first kappa shape index (κ1) is 13.4. The molecule has 1 saturated heterocycles. The molecule has 5 heteroatoms. The van der Waals surface area contributed by atoms with Gasteiger partial charge in [-0.1, -0.05) is 6.07 Å². The summed E-state index contributed by atoms with van der Waals surface area (Å²) < 4.78 is 6.28. The minimum atomic E-state index is -0.913. The molecule has 4 nitrogen and oxygen atoms in total. The number of halogens is 1. The molecule has 98 valence electrons. The van der Waals surface area contributed by atoms with Crippen LogP contribution >= 0.6 is 15.9 Å². The number of aromatic carboxylic acids is 1. The van der Waals surface area contributed by atoms with E-state index in [1.54, 1.807) is 6.07 Å². The molecule has 1 heterocycles. The summed E-state index contributed by atoms with van der Waals surface area (Å²) in [5, 5.41) is 9.32. The van der Waals surface area contributed by atoms with Crippen molar-refractivity contribution in [2.24, 2.45) is 0 Å². The minimum absolute atomic E-state index is 0.106. The lowest BCUT2D eigenvalue weighted by molar-refractivity contribution is -0.00532. The van der Waals surface area contributed by atoms with Crippen LogP contribution in [0.3, 0.4) is 0 Å². The highest BCUT2D eigenvalue weighted by atomic mass is 79.9. The first-order chi connectivity index (χ1) is 8.49. The summed E-state index contributed by atoms with van der Waals surface area (Å²) >= 11 is 3.31. The highest BCUT2D eigenvalue weighted by molar-refractivity contribution is 9.10. The first-order valence-corrected chi connectivity index (χ1v) is 6.70. The summed E-state index contributed by atoms with van der Waals surface area (Å²) in [6, 6.07) is 5.45. The average Bonchev–Trinajstić information content (AvgIpc) is 2.26. The Morgan fingerprint density at radius 2 is 2.00 bits per heavy atom. The van der Waals surface area contributed by atoms with Crippen molar-refractivity contribution in [3.05, 3.63) is 28.2 Å². The fourth-order valence-electron chi connectivity index (χ4n) is 2.36. The molecule has 0 saturated carbocycles. The van der Waals surface area contributed by atoms with Gasteiger partial charge in [0.2, 0.25) is 0 Å². The predicted molar refractivity (Wildman–Crippen MR) is 73.3 cm³/mol. The number of carboxylic acids is 1. The zero-order valence-corrected chi connectivity index (χ0v) is 12.0. The Labute approximate surface area is 115 Å². The number of nitrogens with zero attached hydrogens (tertiary/aromatic N) is 1. The van der Waals surface area contributed by atoms with Gasteiger partial charge < -0.3 is 14.7 Å². The van der Waals surface area contributed by atoms with E-state index in [4.69, 9.17) is 4.74 Å². The van der Waals surface area contributed by atoms with E-state index in [0.717, 1.165) is 5.69 Å². The van der Waals surface area contributed by atoms with Gasteiger partial charge in [-0.3, -0.25) is 0 Å². The van der Waals surface area contributed by atoms with E-state index < -0.39 is 5.97 Å². The molecule has 0 spiro atoms. The highest BCUT2D eigenvalue weighted by Gasteiger charge is 2.26. The van der Waals surface area contributed by atoms with Gasteiger partial charge >= 0.3 is 5.97 Å². The molecule has 1 N–H and O–H groups in total. The molecule has 0 unspecified atom stereocenters. The Kier molecular flexibility index (Phi) is 3.92. The second kappa shape index (κ2) is 5.28. The van der Waals surface area contributed by atoms with Gasteiger partial charge in [0, 0.05) is 17.6 Å². The lowest BCUT2D eigenvalue weighted by Gasteiger charge is -2.37. The van der Waals surface area contributed by atoms with Crippen molar-refractivity contribution >= 4 is 27.6 Å². The number of ether oxygens (including phenoxy) is 1. The Bertz CT molecular complexity index is 454. The van der Waals surface area contributed by atoms with Crippen LogP contribution in [0.1, 0.15) is 24.2 Å². The van der Waals surface area contributed by atoms with Crippen molar-refractivity contribution in [1.29, 1.82) is 0 Å². The third-order valence-electron chi connectivity index (χ3n) is 2.97. The number of hydrogen-bond donors (Lipinski definition) is 1. The van der Waals surface area contributed by atoms with E-state index in [1.165, 1.54) is 0 Å². The van der Waals surface area contributed by atoms with Crippen LogP contribution < -0.4 is 4.90 Å². The molecule has 0 radical (unpaired) electrons. The van der Waals surface area contributed by atoms with Crippen molar-refractivity contribution in [3.63, 3.8) is 0 Å². The van der Waals surface area contributed by atoms with Gasteiger partial charge in [-0.2, -0.15) is 0 Å². The van der Waals surface area contributed by atoms with Crippen molar-refractivity contribution in [3.8, 4) is 0 Å². The van der Waals surface area contributed by atoms with Crippen LogP contribution in [0.25, 0.3) is 0 Å². The van der Waals surface area contributed by atoms with Crippen LogP contribution in [-0.2, 0) is 4.74 Å². The highest BCUT2D eigenvalue weighted by Crippen LogP contribution is 2.29. The van der Waals surface area contributed by atoms with E-state index in [0.29, 0.717) is 23.1 Å². The Morgan fingerprint density at radius 3 is 2.56 bits per heavy atom. The maximum absolute atomic E-state index is 11.4. The number of anilines is 1. The number of carboxylic acid groups (broad SMARTS) is 1. The van der Waals surface area contributed by atoms with E-state index in [-0.39, 0.29) is 12.2 Å². The van der Waals surface area contributed by atoms with Crippen molar-refractivity contribution in [2.75, 3.05) is 18.0 Å². The lowest BCUT2D eigenvalue weighted by atomic mass is 10.1. The number of hydrogen-bond acceptors (Lipinski definition) is 3. The van der Waals surface area contributed by atoms with Crippen LogP contribution in [0.4, 0.5) is 5.69 Å². The van der Waals surface area contributed by atoms with E-state index in [9.17, 15) is 9.90 Å². The quantitative estimate of drug-likeness (QED) is 0.912. The van der Waals surface area contributed by atoms with Gasteiger partial charge in [-0.15, -0.1) is 0 Å². The van der Waals surface area contributed by atoms with Crippen LogP contribution in [0.15, 0.2) is 22.7 Å². The molecule has 0 amide bonds. The summed E-state index contributed by atoms with van der Waals surface area (Å²) in [5.41, 5.74) is 1.07. The van der Waals surface area contributed by atoms with Crippen LogP contribution in [-0.4, -0.2) is 36.4 Å². The van der Waals surface area contributed by atoms with Crippen LogP contribution in [0.5, 0.6) is 0 Å². The van der Waals surface area contributed by atoms with Crippen molar-refractivity contribution < 1.29 is 14.6 Å². The standard InChI is InChI=1S/C13H16BrNO3/c1-8-6-15(7-9(2)18-8)11-5-3-4-10(14)12(11)13(16)17/h3-5,8-9H,6-7H2,1-2H3,(H,16,17)/t8-,9+. The minimum Gasteiger partial charge on any atom is -0.478 e. The van der Waals surface area contributed by atoms with Gasteiger partial charge in [0.05, 0.1) is 23.5 Å². The maximum atomic E-state index is 11.4. The smallest absolute Gasteiger partial charge is 0.338 e. The predicted octanol–water partition coefficient (Wildman–Crippen LogP) is 2.76. The summed E-state index contributed by atoms with van der Waals surface area (Å²) in [7, 11) is 0. The molecule has 1 aromatic rings.